The van der Waals surface area contributed by atoms with Crippen molar-refractivity contribution in [2.24, 2.45) is 7.05 Å². The van der Waals surface area contributed by atoms with Gasteiger partial charge in [0.15, 0.2) is 0 Å². The number of rotatable bonds is 2. The van der Waals surface area contributed by atoms with Crippen LogP contribution in [0.3, 0.4) is 0 Å². The van der Waals surface area contributed by atoms with Gasteiger partial charge in [-0.1, -0.05) is 47.5 Å². The highest BCUT2D eigenvalue weighted by molar-refractivity contribution is 6.36. The number of nitrogens with zero attached hydrogens (tertiary/aromatic N) is 3. The van der Waals surface area contributed by atoms with Crippen LogP contribution in [0.15, 0.2) is 42.5 Å². The first-order valence-corrected chi connectivity index (χ1v) is 7.34. The first kappa shape index (κ1) is 14.6. The number of benzene rings is 2. The van der Waals surface area contributed by atoms with Gasteiger partial charge in [-0.2, -0.15) is 10.4 Å². The Balaban J connectivity index is 2.28. The number of nitriles is 1. The van der Waals surface area contributed by atoms with Gasteiger partial charge >= 0.3 is 0 Å². The lowest BCUT2D eigenvalue weighted by Crippen LogP contribution is -1.92. The molecule has 3 rings (SSSR count). The van der Waals surface area contributed by atoms with Gasteiger partial charge in [-0.15, -0.1) is 0 Å². The van der Waals surface area contributed by atoms with Gasteiger partial charge in [0, 0.05) is 39.7 Å². The summed E-state index contributed by atoms with van der Waals surface area (Å²) in [7, 11) is 1.85. The monoisotopic (exact) mass is 327 g/mol. The maximum absolute atomic E-state index is 8.73. The van der Waals surface area contributed by atoms with E-state index < -0.39 is 0 Å². The lowest BCUT2D eigenvalue weighted by molar-refractivity contribution is 0.771. The summed E-state index contributed by atoms with van der Waals surface area (Å²) in [5.74, 6) is 0. The number of aryl methyl sites for hydroxylation is 1. The Hall–Kier alpha value is -2.28. The van der Waals surface area contributed by atoms with E-state index in [4.69, 9.17) is 28.5 Å². The predicted molar refractivity (Wildman–Crippen MR) is 90.8 cm³/mol. The maximum Gasteiger partial charge on any atom is 0.101 e. The summed E-state index contributed by atoms with van der Waals surface area (Å²) >= 11 is 12.3. The number of halogens is 2. The highest BCUT2D eigenvalue weighted by atomic mass is 35.5. The van der Waals surface area contributed by atoms with Gasteiger partial charge in [0.1, 0.15) is 5.52 Å². The first-order valence-electron chi connectivity index (χ1n) is 6.59. The van der Waals surface area contributed by atoms with E-state index in [-0.39, 0.29) is 0 Å². The van der Waals surface area contributed by atoms with E-state index in [1.54, 1.807) is 22.9 Å². The van der Waals surface area contributed by atoms with Crippen LogP contribution in [0.2, 0.25) is 10.0 Å². The molecule has 2 aromatic carbocycles. The molecule has 1 aromatic heterocycles. The van der Waals surface area contributed by atoms with Crippen LogP contribution in [0.4, 0.5) is 0 Å². The van der Waals surface area contributed by atoms with Crippen molar-refractivity contribution in [3.63, 3.8) is 0 Å². The van der Waals surface area contributed by atoms with E-state index in [0.717, 1.165) is 27.7 Å². The minimum atomic E-state index is 0.583. The summed E-state index contributed by atoms with van der Waals surface area (Å²) in [4.78, 5) is 0. The van der Waals surface area contributed by atoms with E-state index in [1.807, 2.05) is 37.4 Å². The lowest BCUT2D eigenvalue weighted by Gasteiger charge is -2.05. The highest BCUT2D eigenvalue weighted by Gasteiger charge is 2.13. The Morgan fingerprint density at radius 1 is 1.18 bits per heavy atom. The number of fused-ring (bicyclic) bond motifs is 1. The van der Waals surface area contributed by atoms with E-state index in [0.29, 0.717) is 10.0 Å². The number of hydrogen-bond acceptors (Lipinski definition) is 2. The predicted octanol–water partition coefficient (Wildman–Crippen LogP) is 5.08. The van der Waals surface area contributed by atoms with Crippen LogP contribution in [-0.2, 0) is 7.05 Å². The molecular formula is C17H11Cl2N3. The molecule has 108 valence electrons. The largest absolute Gasteiger partial charge is 0.267 e. The van der Waals surface area contributed by atoms with Crippen LogP contribution in [0.5, 0.6) is 0 Å². The second kappa shape index (κ2) is 5.84. The second-order valence-corrected chi connectivity index (χ2v) is 5.64. The smallest absolute Gasteiger partial charge is 0.101 e. The van der Waals surface area contributed by atoms with Gasteiger partial charge in [0.05, 0.1) is 11.8 Å². The van der Waals surface area contributed by atoms with Crippen molar-refractivity contribution in [1.82, 2.24) is 9.78 Å². The molecule has 0 N–H and O–H groups in total. The second-order valence-electron chi connectivity index (χ2n) is 4.80. The zero-order valence-electron chi connectivity index (χ0n) is 11.7. The van der Waals surface area contributed by atoms with Crippen molar-refractivity contribution in [3.8, 4) is 17.2 Å². The SMILES string of the molecule is Cn1nc2c(-c3ccc(Cl)cc3Cl)cccc2c1C=CC#N. The molecule has 0 aliphatic carbocycles. The molecule has 1 heterocycles. The van der Waals surface area contributed by atoms with Crippen LogP contribution in [-0.4, -0.2) is 9.78 Å². The summed E-state index contributed by atoms with van der Waals surface area (Å²) < 4.78 is 1.76. The van der Waals surface area contributed by atoms with E-state index in [2.05, 4.69) is 5.10 Å². The standard InChI is InChI=1S/C17H11Cl2N3/c1-22-16(6-3-9-20)14-5-2-4-13(17(14)21-22)12-8-7-11(18)10-15(12)19/h2-8,10H,1H3. The molecule has 22 heavy (non-hydrogen) atoms. The fourth-order valence-electron chi connectivity index (χ4n) is 2.48. The molecule has 0 spiro atoms. The molecule has 3 nitrogen and oxygen atoms in total. The third-order valence-corrected chi connectivity index (χ3v) is 4.00. The van der Waals surface area contributed by atoms with Crippen molar-refractivity contribution in [2.45, 2.75) is 0 Å². The molecule has 0 radical (unpaired) electrons. The Morgan fingerprint density at radius 2 is 2.00 bits per heavy atom. The molecule has 0 aliphatic rings. The third kappa shape index (κ3) is 2.48. The maximum atomic E-state index is 8.73. The third-order valence-electron chi connectivity index (χ3n) is 3.45. The minimum absolute atomic E-state index is 0.583. The van der Waals surface area contributed by atoms with Crippen molar-refractivity contribution >= 4 is 40.2 Å². The zero-order valence-corrected chi connectivity index (χ0v) is 13.2. The Labute approximate surface area is 138 Å². The molecule has 0 atom stereocenters. The van der Waals surface area contributed by atoms with E-state index in [1.165, 1.54) is 6.08 Å². The molecule has 5 heteroatoms. The molecular weight excluding hydrogens is 317 g/mol. The number of allylic oxidation sites excluding steroid dienone is 1. The van der Waals surface area contributed by atoms with Crippen LogP contribution in [0, 0.1) is 11.3 Å². The Morgan fingerprint density at radius 3 is 2.73 bits per heavy atom. The average Bonchev–Trinajstić information content (AvgIpc) is 2.81. The summed E-state index contributed by atoms with van der Waals surface area (Å²) in [5.41, 5.74) is 3.53. The normalized spacial score (nSPS) is 11.2. The summed E-state index contributed by atoms with van der Waals surface area (Å²) in [5, 5.41) is 15.4. The number of aromatic nitrogens is 2. The fourth-order valence-corrected chi connectivity index (χ4v) is 2.99. The van der Waals surface area contributed by atoms with Gasteiger partial charge < -0.3 is 0 Å². The van der Waals surface area contributed by atoms with E-state index in [9.17, 15) is 0 Å². The van der Waals surface area contributed by atoms with Crippen LogP contribution in [0.25, 0.3) is 28.1 Å². The summed E-state index contributed by atoms with van der Waals surface area (Å²) in [6, 6.07) is 13.3. The van der Waals surface area contributed by atoms with Gasteiger partial charge in [-0.3, -0.25) is 4.68 Å². The fraction of sp³-hybridized carbons (Fsp3) is 0.0588. The summed E-state index contributed by atoms with van der Waals surface area (Å²) in [6.07, 6.45) is 3.20. The minimum Gasteiger partial charge on any atom is -0.267 e. The molecule has 0 saturated carbocycles. The van der Waals surface area contributed by atoms with Gasteiger partial charge in [0.25, 0.3) is 0 Å². The molecule has 3 aromatic rings. The molecule has 0 unspecified atom stereocenters. The molecule has 0 bridgehead atoms. The number of hydrogen-bond donors (Lipinski definition) is 0. The molecule has 0 aliphatic heterocycles. The Bertz CT molecular complexity index is 933. The lowest BCUT2D eigenvalue weighted by atomic mass is 10.0. The van der Waals surface area contributed by atoms with Crippen molar-refractivity contribution < 1.29 is 0 Å². The quantitative estimate of drug-likeness (QED) is 0.615. The van der Waals surface area contributed by atoms with Crippen molar-refractivity contribution in [2.75, 3.05) is 0 Å². The van der Waals surface area contributed by atoms with Gasteiger partial charge in [-0.05, 0) is 18.2 Å². The summed E-state index contributed by atoms with van der Waals surface area (Å²) in [6.45, 7) is 0. The molecule has 0 saturated heterocycles. The van der Waals surface area contributed by atoms with Crippen LogP contribution >= 0.6 is 23.2 Å². The topological polar surface area (TPSA) is 41.6 Å². The Kier molecular flexibility index (Phi) is 3.89. The first-order chi connectivity index (χ1) is 10.6. The van der Waals surface area contributed by atoms with Gasteiger partial charge in [-0.25, -0.2) is 0 Å². The molecule has 0 fully saturated rings. The van der Waals surface area contributed by atoms with E-state index >= 15 is 0 Å². The van der Waals surface area contributed by atoms with Crippen LogP contribution in [0.1, 0.15) is 5.69 Å². The zero-order chi connectivity index (χ0) is 15.7. The molecule has 0 amide bonds. The van der Waals surface area contributed by atoms with Gasteiger partial charge in [0.2, 0.25) is 0 Å². The highest BCUT2D eigenvalue weighted by Crippen LogP contribution is 2.35. The van der Waals surface area contributed by atoms with Crippen LogP contribution < -0.4 is 0 Å². The van der Waals surface area contributed by atoms with Crippen molar-refractivity contribution in [1.29, 1.82) is 5.26 Å². The van der Waals surface area contributed by atoms with Crippen molar-refractivity contribution in [3.05, 3.63) is 58.2 Å². The average molecular weight is 328 g/mol.